The summed E-state index contributed by atoms with van der Waals surface area (Å²) in [6.45, 7) is 1.71. The first-order valence-corrected chi connectivity index (χ1v) is 4.35. The molecule has 0 fully saturated rings. The molecule has 1 unspecified atom stereocenters. The van der Waals surface area contributed by atoms with Crippen molar-refractivity contribution in [2.24, 2.45) is 0 Å². The van der Waals surface area contributed by atoms with E-state index >= 15 is 0 Å². The Morgan fingerprint density at radius 3 is 2.42 bits per heavy atom. The summed E-state index contributed by atoms with van der Waals surface area (Å²) in [5.41, 5.74) is 0. The Labute approximate surface area is 72.7 Å². The van der Waals surface area contributed by atoms with Gasteiger partial charge in [-0.05, 0) is 6.42 Å². The molecule has 2 atom stereocenters. The Balaban J connectivity index is 3.47. The number of hydrogen-bond donors (Lipinski definition) is 3. The molecule has 0 aromatic rings. The third kappa shape index (κ3) is 4.66. The van der Waals surface area contributed by atoms with Gasteiger partial charge in [-0.25, -0.2) is 4.89 Å². The smallest absolute Gasteiger partial charge is 0.141 e. The van der Waals surface area contributed by atoms with Gasteiger partial charge < -0.3 is 10.2 Å². The Hall–Kier alpha value is -0.160. The van der Waals surface area contributed by atoms with E-state index in [1.54, 1.807) is 0 Å². The van der Waals surface area contributed by atoms with Crippen LogP contribution in [0.15, 0.2) is 0 Å². The molecule has 0 aromatic carbocycles. The Morgan fingerprint density at radius 1 is 1.33 bits per heavy atom. The van der Waals surface area contributed by atoms with Crippen molar-refractivity contribution in [1.82, 2.24) is 0 Å². The zero-order valence-corrected chi connectivity index (χ0v) is 7.44. The van der Waals surface area contributed by atoms with Gasteiger partial charge in [-0.1, -0.05) is 26.2 Å². The molecule has 0 aliphatic carbocycles. The van der Waals surface area contributed by atoms with Crippen LogP contribution in [-0.2, 0) is 4.89 Å². The maximum atomic E-state index is 9.29. The van der Waals surface area contributed by atoms with E-state index in [2.05, 4.69) is 11.8 Å². The van der Waals surface area contributed by atoms with Crippen molar-refractivity contribution in [3.63, 3.8) is 0 Å². The number of aliphatic hydroxyl groups excluding tert-OH is 2. The molecule has 0 aliphatic heterocycles. The number of rotatable bonds is 7. The molecule has 12 heavy (non-hydrogen) atoms. The van der Waals surface area contributed by atoms with Crippen LogP contribution in [0.4, 0.5) is 0 Å². The van der Waals surface area contributed by atoms with Gasteiger partial charge in [0.1, 0.15) is 6.10 Å². The fourth-order valence-electron chi connectivity index (χ4n) is 1.01. The van der Waals surface area contributed by atoms with Crippen LogP contribution in [0.3, 0.4) is 0 Å². The molecule has 0 aromatic heterocycles. The molecule has 0 saturated carbocycles. The van der Waals surface area contributed by atoms with E-state index in [1.807, 2.05) is 0 Å². The Kier molecular flexibility index (Phi) is 7.39. The largest absolute Gasteiger partial charge is 0.393 e. The average Bonchev–Trinajstić information content (AvgIpc) is 2.07. The van der Waals surface area contributed by atoms with Crippen molar-refractivity contribution in [3.05, 3.63) is 0 Å². The normalized spacial score (nSPS) is 16.0. The van der Waals surface area contributed by atoms with Gasteiger partial charge in [0.2, 0.25) is 0 Å². The van der Waals surface area contributed by atoms with E-state index in [9.17, 15) is 5.11 Å². The molecule has 0 amide bonds. The molecular weight excluding hydrogens is 160 g/mol. The highest BCUT2D eigenvalue weighted by Crippen LogP contribution is 2.08. The fourth-order valence-corrected chi connectivity index (χ4v) is 1.01. The van der Waals surface area contributed by atoms with E-state index in [-0.39, 0.29) is 6.61 Å². The van der Waals surface area contributed by atoms with Crippen molar-refractivity contribution in [1.29, 1.82) is 0 Å². The first kappa shape index (κ1) is 11.8. The predicted octanol–water partition coefficient (Wildman–Crippen LogP) is 0.778. The summed E-state index contributed by atoms with van der Waals surface area (Å²) in [6.07, 6.45) is 1.93. The summed E-state index contributed by atoms with van der Waals surface area (Å²) in [5, 5.41) is 26.1. The average molecular weight is 178 g/mol. The van der Waals surface area contributed by atoms with Crippen LogP contribution < -0.4 is 0 Å². The van der Waals surface area contributed by atoms with Crippen LogP contribution in [0.25, 0.3) is 0 Å². The Bertz CT molecular complexity index is 93.1. The molecule has 0 rings (SSSR count). The van der Waals surface area contributed by atoms with Crippen LogP contribution in [0.1, 0.15) is 32.6 Å². The lowest BCUT2D eigenvalue weighted by molar-refractivity contribution is -0.303. The van der Waals surface area contributed by atoms with Crippen molar-refractivity contribution in [3.8, 4) is 0 Å². The highest BCUT2D eigenvalue weighted by Gasteiger charge is 2.18. The number of hydrogen-bond acceptors (Lipinski definition) is 4. The van der Waals surface area contributed by atoms with E-state index < -0.39 is 12.2 Å². The first-order valence-electron chi connectivity index (χ1n) is 4.35. The summed E-state index contributed by atoms with van der Waals surface area (Å²) in [6, 6.07) is 0. The SMILES string of the molecule is CCCCCC(O)[C@H](CO)OO. The molecule has 0 aliphatic rings. The van der Waals surface area contributed by atoms with E-state index in [0.29, 0.717) is 6.42 Å². The van der Waals surface area contributed by atoms with Gasteiger partial charge in [-0.15, -0.1) is 0 Å². The van der Waals surface area contributed by atoms with Gasteiger partial charge >= 0.3 is 0 Å². The van der Waals surface area contributed by atoms with Gasteiger partial charge in [-0.2, -0.15) is 0 Å². The maximum Gasteiger partial charge on any atom is 0.141 e. The van der Waals surface area contributed by atoms with E-state index in [4.69, 9.17) is 10.4 Å². The van der Waals surface area contributed by atoms with Crippen LogP contribution in [0.5, 0.6) is 0 Å². The van der Waals surface area contributed by atoms with Crippen molar-refractivity contribution < 1.29 is 20.4 Å². The van der Waals surface area contributed by atoms with Crippen LogP contribution in [-0.4, -0.2) is 34.3 Å². The standard InChI is InChI=1S/C8H18O4/c1-2-3-4-5-7(10)8(6-9)12-11/h7-11H,2-6H2,1H3/t7?,8-/m0/s1. The second-order valence-corrected chi connectivity index (χ2v) is 2.89. The fraction of sp³-hybridized carbons (Fsp3) is 1.00. The highest BCUT2D eigenvalue weighted by atomic mass is 17.1. The first-order chi connectivity index (χ1) is 5.76. The lowest BCUT2D eigenvalue weighted by atomic mass is 10.1. The van der Waals surface area contributed by atoms with Gasteiger partial charge in [-0.3, -0.25) is 5.26 Å². The second-order valence-electron chi connectivity index (χ2n) is 2.89. The molecule has 0 bridgehead atoms. The zero-order chi connectivity index (χ0) is 9.40. The maximum absolute atomic E-state index is 9.29. The lowest BCUT2D eigenvalue weighted by Crippen LogP contribution is -2.31. The third-order valence-corrected chi connectivity index (χ3v) is 1.85. The van der Waals surface area contributed by atoms with Gasteiger partial charge in [0.05, 0.1) is 12.7 Å². The summed E-state index contributed by atoms with van der Waals surface area (Å²) in [4.78, 5) is 3.89. The number of aliphatic hydroxyl groups is 2. The second kappa shape index (κ2) is 7.49. The minimum absolute atomic E-state index is 0.357. The number of unbranched alkanes of at least 4 members (excludes halogenated alkanes) is 2. The zero-order valence-electron chi connectivity index (χ0n) is 7.44. The van der Waals surface area contributed by atoms with Crippen LogP contribution in [0.2, 0.25) is 0 Å². The lowest BCUT2D eigenvalue weighted by Gasteiger charge is -2.16. The van der Waals surface area contributed by atoms with Gasteiger partial charge in [0.25, 0.3) is 0 Å². The molecule has 74 valence electrons. The molecule has 4 heteroatoms. The molecule has 4 nitrogen and oxygen atoms in total. The van der Waals surface area contributed by atoms with E-state index in [1.165, 1.54) is 0 Å². The van der Waals surface area contributed by atoms with Crippen molar-refractivity contribution in [2.75, 3.05) is 6.61 Å². The molecule has 3 N–H and O–H groups in total. The van der Waals surface area contributed by atoms with Gasteiger partial charge in [0.15, 0.2) is 0 Å². The molecule has 0 spiro atoms. The topological polar surface area (TPSA) is 69.9 Å². The van der Waals surface area contributed by atoms with Crippen LogP contribution >= 0.6 is 0 Å². The molecule has 0 saturated heterocycles. The van der Waals surface area contributed by atoms with Crippen LogP contribution in [0, 0.1) is 0 Å². The summed E-state index contributed by atoms with van der Waals surface area (Å²) >= 11 is 0. The summed E-state index contributed by atoms with van der Waals surface area (Å²) in [7, 11) is 0. The summed E-state index contributed by atoms with van der Waals surface area (Å²) < 4.78 is 0. The van der Waals surface area contributed by atoms with Crippen molar-refractivity contribution >= 4 is 0 Å². The molecular formula is C8H18O4. The Morgan fingerprint density at radius 2 is 2.00 bits per heavy atom. The molecule has 0 heterocycles. The third-order valence-electron chi connectivity index (χ3n) is 1.85. The summed E-state index contributed by atoms with van der Waals surface area (Å²) in [5.74, 6) is 0. The minimum Gasteiger partial charge on any atom is -0.393 e. The quantitative estimate of drug-likeness (QED) is 0.306. The van der Waals surface area contributed by atoms with E-state index in [0.717, 1.165) is 19.3 Å². The van der Waals surface area contributed by atoms with Gasteiger partial charge in [0, 0.05) is 0 Å². The predicted molar refractivity (Wildman–Crippen MR) is 44.7 cm³/mol. The minimum atomic E-state index is -0.859. The monoisotopic (exact) mass is 178 g/mol. The highest BCUT2D eigenvalue weighted by molar-refractivity contribution is 4.66. The van der Waals surface area contributed by atoms with Crippen molar-refractivity contribution in [2.45, 2.75) is 44.8 Å². The molecule has 0 radical (unpaired) electrons.